The number of nitrogens with one attached hydrogen (secondary N) is 1. The number of aromatic nitrogens is 1. The van der Waals surface area contributed by atoms with Gasteiger partial charge in [-0.15, -0.1) is 0 Å². The molecule has 112 valence electrons. The third-order valence-electron chi connectivity index (χ3n) is 4.50. The van der Waals surface area contributed by atoms with Gasteiger partial charge in [-0.05, 0) is 36.9 Å². The SMILES string of the molecule is CCNCc1cc(N(C)CC2CC2C)c2ccccc2n1. The Morgan fingerprint density at radius 2 is 2.10 bits per heavy atom. The van der Waals surface area contributed by atoms with Crippen LogP contribution in [0.3, 0.4) is 0 Å². The highest BCUT2D eigenvalue weighted by Gasteiger charge is 2.33. The van der Waals surface area contributed by atoms with Crippen molar-refractivity contribution >= 4 is 16.6 Å². The number of rotatable bonds is 6. The van der Waals surface area contributed by atoms with E-state index in [1.807, 2.05) is 0 Å². The van der Waals surface area contributed by atoms with Crippen molar-refractivity contribution in [1.29, 1.82) is 0 Å². The molecule has 0 saturated heterocycles. The lowest BCUT2D eigenvalue weighted by Gasteiger charge is -2.22. The zero-order chi connectivity index (χ0) is 14.8. The number of hydrogen-bond donors (Lipinski definition) is 1. The lowest BCUT2D eigenvalue weighted by Crippen LogP contribution is -2.22. The van der Waals surface area contributed by atoms with E-state index in [2.05, 4.69) is 61.4 Å². The highest BCUT2D eigenvalue weighted by molar-refractivity contribution is 5.91. The van der Waals surface area contributed by atoms with Gasteiger partial charge < -0.3 is 10.2 Å². The minimum absolute atomic E-state index is 0.835. The molecular formula is C18H25N3. The molecule has 1 aliphatic rings. The van der Waals surface area contributed by atoms with Gasteiger partial charge in [0.2, 0.25) is 0 Å². The Balaban J connectivity index is 1.93. The van der Waals surface area contributed by atoms with Crippen LogP contribution in [0.4, 0.5) is 5.69 Å². The molecule has 1 aliphatic carbocycles. The number of para-hydroxylation sites is 1. The molecule has 1 N–H and O–H groups in total. The van der Waals surface area contributed by atoms with E-state index in [1.165, 1.54) is 17.5 Å². The summed E-state index contributed by atoms with van der Waals surface area (Å²) in [5, 5.41) is 4.63. The molecule has 0 spiro atoms. The Morgan fingerprint density at radius 1 is 1.33 bits per heavy atom. The van der Waals surface area contributed by atoms with E-state index in [0.29, 0.717) is 0 Å². The second-order valence-corrected chi connectivity index (χ2v) is 6.28. The molecule has 0 amide bonds. The summed E-state index contributed by atoms with van der Waals surface area (Å²) in [4.78, 5) is 7.19. The van der Waals surface area contributed by atoms with Crippen LogP contribution in [-0.4, -0.2) is 25.1 Å². The predicted molar refractivity (Wildman–Crippen MR) is 89.7 cm³/mol. The molecule has 0 aliphatic heterocycles. The quantitative estimate of drug-likeness (QED) is 0.880. The van der Waals surface area contributed by atoms with Gasteiger partial charge in [0, 0.05) is 31.2 Å². The fourth-order valence-electron chi connectivity index (χ4n) is 2.97. The molecule has 3 nitrogen and oxygen atoms in total. The molecule has 1 aromatic heterocycles. The molecule has 1 saturated carbocycles. The van der Waals surface area contributed by atoms with Crippen LogP contribution in [0.5, 0.6) is 0 Å². The molecule has 1 aromatic carbocycles. The monoisotopic (exact) mass is 283 g/mol. The largest absolute Gasteiger partial charge is 0.374 e. The Morgan fingerprint density at radius 3 is 2.81 bits per heavy atom. The van der Waals surface area contributed by atoms with Crippen LogP contribution >= 0.6 is 0 Å². The Hall–Kier alpha value is -1.61. The highest BCUT2D eigenvalue weighted by atomic mass is 15.1. The van der Waals surface area contributed by atoms with Crippen molar-refractivity contribution in [3.63, 3.8) is 0 Å². The fraction of sp³-hybridized carbons (Fsp3) is 0.500. The van der Waals surface area contributed by atoms with Crippen LogP contribution < -0.4 is 10.2 Å². The molecule has 1 fully saturated rings. The number of fused-ring (bicyclic) bond motifs is 1. The van der Waals surface area contributed by atoms with Crippen molar-refractivity contribution in [1.82, 2.24) is 10.3 Å². The summed E-state index contributed by atoms with van der Waals surface area (Å²) in [6.07, 6.45) is 1.37. The maximum Gasteiger partial charge on any atom is 0.0726 e. The molecular weight excluding hydrogens is 258 g/mol. The van der Waals surface area contributed by atoms with Gasteiger partial charge in [0.1, 0.15) is 0 Å². The molecule has 1 heterocycles. The number of hydrogen-bond acceptors (Lipinski definition) is 3. The van der Waals surface area contributed by atoms with Crippen molar-refractivity contribution in [2.45, 2.75) is 26.8 Å². The first-order chi connectivity index (χ1) is 10.2. The first-order valence-corrected chi connectivity index (χ1v) is 7.99. The van der Waals surface area contributed by atoms with E-state index in [-0.39, 0.29) is 0 Å². The van der Waals surface area contributed by atoms with Crippen LogP contribution in [0.2, 0.25) is 0 Å². The average Bonchev–Trinajstić information content (AvgIpc) is 3.19. The highest BCUT2D eigenvalue weighted by Crippen LogP contribution is 2.39. The number of pyridine rings is 1. The molecule has 2 unspecified atom stereocenters. The van der Waals surface area contributed by atoms with E-state index in [4.69, 9.17) is 4.98 Å². The van der Waals surface area contributed by atoms with Crippen molar-refractivity contribution in [3.05, 3.63) is 36.0 Å². The minimum atomic E-state index is 0.835. The number of nitrogens with zero attached hydrogens (tertiary/aromatic N) is 2. The molecule has 2 aromatic rings. The lowest BCUT2D eigenvalue weighted by atomic mass is 10.1. The van der Waals surface area contributed by atoms with Gasteiger partial charge in [-0.2, -0.15) is 0 Å². The zero-order valence-corrected chi connectivity index (χ0v) is 13.3. The lowest BCUT2D eigenvalue weighted by molar-refractivity contribution is 0.708. The minimum Gasteiger partial charge on any atom is -0.374 e. The predicted octanol–water partition coefficient (Wildman–Crippen LogP) is 3.44. The molecule has 3 rings (SSSR count). The van der Waals surface area contributed by atoms with Gasteiger partial charge in [0.15, 0.2) is 0 Å². The van der Waals surface area contributed by atoms with Gasteiger partial charge in [-0.1, -0.05) is 32.0 Å². The van der Waals surface area contributed by atoms with E-state index in [1.54, 1.807) is 0 Å². The van der Waals surface area contributed by atoms with Gasteiger partial charge in [-0.3, -0.25) is 4.98 Å². The van der Waals surface area contributed by atoms with Crippen molar-refractivity contribution in [3.8, 4) is 0 Å². The topological polar surface area (TPSA) is 28.2 Å². The Labute approximate surface area is 127 Å². The number of anilines is 1. The summed E-state index contributed by atoms with van der Waals surface area (Å²) in [5.41, 5.74) is 3.53. The average molecular weight is 283 g/mol. The van der Waals surface area contributed by atoms with Crippen LogP contribution in [0.25, 0.3) is 10.9 Å². The summed E-state index contributed by atoms with van der Waals surface area (Å²) in [6, 6.07) is 10.7. The molecule has 0 radical (unpaired) electrons. The molecule has 0 bridgehead atoms. The van der Waals surface area contributed by atoms with Crippen molar-refractivity contribution in [2.75, 3.05) is 25.0 Å². The summed E-state index contributed by atoms with van der Waals surface area (Å²) >= 11 is 0. The third-order valence-corrected chi connectivity index (χ3v) is 4.50. The maximum atomic E-state index is 4.78. The maximum absolute atomic E-state index is 4.78. The van der Waals surface area contributed by atoms with E-state index >= 15 is 0 Å². The van der Waals surface area contributed by atoms with Crippen molar-refractivity contribution < 1.29 is 0 Å². The summed E-state index contributed by atoms with van der Waals surface area (Å²) in [7, 11) is 2.21. The Bertz CT molecular complexity index is 623. The van der Waals surface area contributed by atoms with Gasteiger partial charge in [-0.25, -0.2) is 0 Å². The van der Waals surface area contributed by atoms with E-state index < -0.39 is 0 Å². The summed E-state index contributed by atoms with van der Waals surface area (Å²) in [6.45, 7) is 7.43. The van der Waals surface area contributed by atoms with Crippen LogP contribution in [0, 0.1) is 11.8 Å². The van der Waals surface area contributed by atoms with E-state index in [9.17, 15) is 0 Å². The normalized spacial score (nSPS) is 20.7. The third kappa shape index (κ3) is 3.18. The number of benzene rings is 1. The van der Waals surface area contributed by atoms with Crippen LogP contribution in [0.1, 0.15) is 26.0 Å². The van der Waals surface area contributed by atoms with Crippen LogP contribution in [0.15, 0.2) is 30.3 Å². The molecule has 3 heteroatoms. The van der Waals surface area contributed by atoms with Gasteiger partial charge in [0.05, 0.1) is 11.2 Å². The van der Waals surface area contributed by atoms with E-state index in [0.717, 1.165) is 42.7 Å². The fourth-order valence-corrected chi connectivity index (χ4v) is 2.97. The first-order valence-electron chi connectivity index (χ1n) is 7.99. The van der Waals surface area contributed by atoms with Gasteiger partial charge >= 0.3 is 0 Å². The zero-order valence-electron chi connectivity index (χ0n) is 13.3. The first kappa shape index (κ1) is 14.3. The smallest absolute Gasteiger partial charge is 0.0726 e. The Kier molecular flexibility index (Phi) is 4.11. The molecule has 21 heavy (non-hydrogen) atoms. The summed E-state index contributed by atoms with van der Waals surface area (Å²) < 4.78 is 0. The summed E-state index contributed by atoms with van der Waals surface area (Å²) in [5.74, 6) is 1.75. The standard InChI is InChI=1S/C18H25N3/c1-4-19-11-15-10-18(21(3)12-14-9-13(14)2)16-7-5-6-8-17(16)20-15/h5-8,10,13-14,19H,4,9,11-12H2,1-3H3. The molecule has 2 atom stereocenters. The second-order valence-electron chi connectivity index (χ2n) is 6.28. The second kappa shape index (κ2) is 6.02. The van der Waals surface area contributed by atoms with Gasteiger partial charge in [0.25, 0.3) is 0 Å². The van der Waals surface area contributed by atoms with Crippen LogP contribution in [-0.2, 0) is 6.54 Å². The van der Waals surface area contributed by atoms with Crippen molar-refractivity contribution in [2.24, 2.45) is 11.8 Å².